The molecule has 4 nitrogen and oxygen atoms in total. The van der Waals surface area contributed by atoms with E-state index in [0.29, 0.717) is 6.54 Å². The topological polar surface area (TPSA) is 35.6 Å². The van der Waals surface area contributed by atoms with Gasteiger partial charge in [-0.3, -0.25) is 14.6 Å². The number of anilines is 1. The molecule has 0 saturated carbocycles. The highest BCUT2D eigenvalue weighted by atomic mass is 127. The summed E-state index contributed by atoms with van der Waals surface area (Å²) in [6.07, 6.45) is 0. The molecule has 0 aromatic heterocycles. The minimum Gasteiger partial charge on any atom is -0.324 e. The fraction of sp³-hybridized carbons (Fsp3) is 0.240. The molecular weight excluding hydrogens is 485 g/mol. The van der Waals surface area contributed by atoms with Gasteiger partial charge in [0.1, 0.15) is 0 Å². The van der Waals surface area contributed by atoms with Crippen LogP contribution in [0.3, 0.4) is 0 Å². The van der Waals surface area contributed by atoms with Crippen LogP contribution < -0.4 is 5.32 Å². The van der Waals surface area contributed by atoms with Crippen LogP contribution in [0.1, 0.15) is 17.2 Å². The summed E-state index contributed by atoms with van der Waals surface area (Å²) in [7, 11) is 0. The molecule has 0 spiro atoms. The van der Waals surface area contributed by atoms with Gasteiger partial charge in [0.2, 0.25) is 5.91 Å². The van der Waals surface area contributed by atoms with Crippen LogP contribution in [0.5, 0.6) is 0 Å². The lowest BCUT2D eigenvalue weighted by atomic mass is 9.96. The fourth-order valence-electron chi connectivity index (χ4n) is 4.02. The fourth-order valence-corrected chi connectivity index (χ4v) is 4.54. The molecule has 1 amide bonds. The van der Waals surface area contributed by atoms with E-state index in [1.165, 1.54) is 11.1 Å². The van der Waals surface area contributed by atoms with Gasteiger partial charge < -0.3 is 5.32 Å². The van der Waals surface area contributed by atoms with Gasteiger partial charge in [-0.1, -0.05) is 72.8 Å². The van der Waals surface area contributed by atoms with Gasteiger partial charge in [-0.25, -0.2) is 0 Å². The summed E-state index contributed by atoms with van der Waals surface area (Å²) in [6.45, 7) is 4.07. The first kappa shape index (κ1) is 21.0. The summed E-state index contributed by atoms with van der Waals surface area (Å²) in [5, 5.41) is 3.04. The molecule has 154 valence electrons. The number of amides is 1. The van der Waals surface area contributed by atoms with Crippen LogP contribution >= 0.6 is 22.6 Å². The molecule has 1 aliphatic rings. The number of hydrogen-bond donors (Lipinski definition) is 1. The van der Waals surface area contributed by atoms with Crippen molar-refractivity contribution >= 4 is 34.2 Å². The maximum absolute atomic E-state index is 12.5. The van der Waals surface area contributed by atoms with Crippen molar-refractivity contribution in [2.75, 3.05) is 38.0 Å². The molecule has 3 aromatic rings. The van der Waals surface area contributed by atoms with Crippen LogP contribution in [0.15, 0.2) is 84.9 Å². The maximum Gasteiger partial charge on any atom is 0.238 e. The smallest absolute Gasteiger partial charge is 0.238 e. The summed E-state index contributed by atoms with van der Waals surface area (Å²) in [5.41, 5.74) is 3.51. The van der Waals surface area contributed by atoms with E-state index >= 15 is 0 Å². The molecule has 1 N–H and O–H groups in total. The molecule has 4 rings (SSSR count). The number of nitrogens with one attached hydrogen (secondary N) is 1. The van der Waals surface area contributed by atoms with Crippen LogP contribution in [0.4, 0.5) is 5.69 Å². The number of hydrogen-bond acceptors (Lipinski definition) is 3. The molecule has 0 aliphatic carbocycles. The summed E-state index contributed by atoms with van der Waals surface area (Å²) < 4.78 is 1.06. The minimum atomic E-state index is 0.0511. The molecular formula is C25H26IN3O. The third kappa shape index (κ3) is 5.28. The average molecular weight is 511 g/mol. The van der Waals surface area contributed by atoms with E-state index in [2.05, 4.69) is 98.4 Å². The quantitative estimate of drug-likeness (QED) is 0.490. The summed E-state index contributed by atoms with van der Waals surface area (Å²) in [4.78, 5) is 17.3. The molecule has 1 heterocycles. The third-order valence-corrected chi connectivity index (χ3v) is 6.46. The van der Waals surface area contributed by atoms with E-state index in [0.717, 1.165) is 35.4 Å². The Hall–Kier alpha value is -2.22. The largest absolute Gasteiger partial charge is 0.324 e. The predicted molar refractivity (Wildman–Crippen MR) is 131 cm³/mol. The molecule has 0 bridgehead atoms. The standard InChI is InChI=1S/C25H26IN3O/c26-22-13-7-8-14-23(22)27-24(30)19-28-15-17-29(18-16-28)25(20-9-3-1-4-10-20)21-11-5-2-6-12-21/h1-14,25H,15-19H2,(H,27,30). The van der Waals surface area contributed by atoms with Crippen molar-refractivity contribution in [2.45, 2.75) is 6.04 Å². The molecule has 5 heteroatoms. The number of rotatable bonds is 6. The Bertz CT molecular complexity index is 917. The number of carbonyl (C=O) groups is 1. The van der Waals surface area contributed by atoms with Crippen molar-refractivity contribution in [1.29, 1.82) is 0 Å². The van der Waals surface area contributed by atoms with Crippen LogP contribution in [0, 0.1) is 3.57 Å². The van der Waals surface area contributed by atoms with E-state index < -0.39 is 0 Å². The Labute approximate surface area is 192 Å². The lowest BCUT2D eigenvalue weighted by Crippen LogP contribution is -2.49. The summed E-state index contributed by atoms with van der Waals surface area (Å²) in [5.74, 6) is 0.0511. The Morgan fingerprint density at radius 2 is 1.33 bits per heavy atom. The molecule has 3 aromatic carbocycles. The minimum absolute atomic E-state index is 0.0511. The molecule has 0 unspecified atom stereocenters. The molecule has 1 saturated heterocycles. The van der Waals surface area contributed by atoms with Crippen LogP contribution in [0.2, 0.25) is 0 Å². The van der Waals surface area contributed by atoms with Crippen molar-refractivity contribution in [3.05, 3.63) is 99.6 Å². The van der Waals surface area contributed by atoms with E-state index in [9.17, 15) is 4.79 Å². The Kier molecular flexibility index (Phi) is 7.15. The normalized spacial score (nSPS) is 15.3. The van der Waals surface area contributed by atoms with Gasteiger partial charge in [0, 0.05) is 29.7 Å². The highest BCUT2D eigenvalue weighted by Gasteiger charge is 2.27. The number of piperazine rings is 1. The van der Waals surface area contributed by atoms with Crippen molar-refractivity contribution < 1.29 is 4.79 Å². The van der Waals surface area contributed by atoms with Gasteiger partial charge in [-0.05, 0) is 45.9 Å². The number of para-hydroxylation sites is 1. The molecule has 0 radical (unpaired) electrons. The number of benzene rings is 3. The second-order valence-electron chi connectivity index (χ2n) is 7.56. The molecule has 1 fully saturated rings. The van der Waals surface area contributed by atoms with Gasteiger partial charge >= 0.3 is 0 Å². The SMILES string of the molecule is O=C(CN1CCN(C(c2ccccc2)c2ccccc2)CC1)Nc1ccccc1I. The second kappa shape index (κ2) is 10.2. The van der Waals surface area contributed by atoms with Gasteiger partial charge in [0.05, 0.1) is 18.3 Å². The first-order valence-electron chi connectivity index (χ1n) is 10.3. The lowest BCUT2D eigenvalue weighted by Gasteiger charge is -2.39. The third-order valence-electron chi connectivity index (χ3n) is 5.52. The first-order chi connectivity index (χ1) is 14.7. The van der Waals surface area contributed by atoms with Crippen LogP contribution in [-0.2, 0) is 4.79 Å². The highest BCUT2D eigenvalue weighted by Crippen LogP contribution is 2.29. The summed E-state index contributed by atoms with van der Waals surface area (Å²) in [6, 6.07) is 29.5. The Morgan fingerprint density at radius 1 is 0.800 bits per heavy atom. The average Bonchev–Trinajstić information content (AvgIpc) is 2.78. The molecule has 1 aliphatic heterocycles. The Morgan fingerprint density at radius 3 is 1.90 bits per heavy atom. The van der Waals surface area contributed by atoms with Gasteiger partial charge in [0.25, 0.3) is 0 Å². The number of carbonyl (C=O) groups excluding carboxylic acids is 1. The predicted octanol–water partition coefficient (Wildman–Crippen LogP) is 4.64. The Balaban J connectivity index is 1.39. The zero-order valence-corrected chi connectivity index (χ0v) is 19.0. The van der Waals surface area contributed by atoms with Crippen LogP contribution in [-0.4, -0.2) is 48.4 Å². The van der Waals surface area contributed by atoms with Crippen molar-refractivity contribution in [3.8, 4) is 0 Å². The summed E-state index contributed by atoms with van der Waals surface area (Å²) >= 11 is 2.25. The second-order valence-corrected chi connectivity index (χ2v) is 8.73. The number of nitrogens with zero attached hydrogens (tertiary/aromatic N) is 2. The highest BCUT2D eigenvalue weighted by molar-refractivity contribution is 14.1. The molecule has 0 atom stereocenters. The van der Waals surface area contributed by atoms with E-state index in [1.807, 2.05) is 24.3 Å². The maximum atomic E-state index is 12.5. The first-order valence-corrected chi connectivity index (χ1v) is 11.4. The number of halogens is 1. The zero-order valence-electron chi connectivity index (χ0n) is 16.9. The van der Waals surface area contributed by atoms with E-state index in [1.54, 1.807) is 0 Å². The van der Waals surface area contributed by atoms with Gasteiger partial charge in [-0.2, -0.15) is 0 Å². The van der Waals surface area contributed by atoms with E-state index in [4.69, 9.17) is 0 Å². The van der Waals surface area contributed by atoms with Gasteiger partial charge in [-0.15, -0.1) is 0 Å². The van der Waals surface area contributed by atoms with Crippen LogP contribution in [0.25, 0.3) is 0 Å². The van der Waals surface area contributed by atoms with Crippen molar-refractivity contribution in [2.24, 2.45) is 0 Å². The van der Waals surface area contributed by atoms with E-state index in [-0.39, 0.29) is 11.9 Å². The monoisotopic (exact) mass is 511 g/mol. The molecule has 30 heavy (non-hydrogen) atoms. The zero-order chi connectivity index (χ0) is 20.8. The van der Waals surface area contributed by atoms with Crippen molar-refractivity contribution in [3.63, 3.8) is 0 Å². The van der Waals surface area contributed by atoms with Gasteiger partial charge in [0.15, 0.2) is 0 Å². The van der Waals surface area contributed by atoms with Crippen molar-refractivity contribution in [1.82, 2.24) is 9.80 Å². The lowest BCUT2D eigenvalue weighted by molar-refractivity contribution is -0.117.